The summed E-state index contributed by atoms with van der Waals surface area (Å²) >= 11 is 1.54. The molecule has 20 heavy (non-hydrogen) atoms. The Morgan fingerprint density at radius 2 is 2.05 bits per heavy atom. The molecule has 0 radical (unpaired) electrons. The summed E-state index contributed by atoms with van der Waals surface area (Å²) in [5.41, 5.74) is 2.13. The lowest BCUT2D eigenvalue weighted by Crippen LogP contribution is -2.14. The van der Waals surface area contributed by atoms with Gasteiger partial charge in [-0.15, -0.1) is 11.3 Å². The van der Waals surface area contributed by atoms with Gasteiger partial charge in [0.25, 0.3) is 0 Å². The van der Waals surface area contributed by atoms with Crippen molar-refractivity contribution >= 4 is 28.7 Å². The molecule has 1 aromatic heterocycles. The van der Waals surface area contributed by atoms with E-state index < -0.39 is 0 Å². The Balaban J connectivity index is 2.06. The van der Waals surface area contributed by atoms with E-state index >= 15 is 0 Å². The second-order valence-electron chi connectivity index (χ2n) is 4.60. The molecule has 0 bridgehead atoms. The molecular formula is C15H16N2O2S. The topological polar surface area (TPSA) is 59.1 Å². The van der Waals surface area contributed by atoms with Crippen molar-refractivity contribution in [2.45, 2.75) is 27.2 Å². The van der Waals surface area contributed by atoms with Gasteiger partial charge in [0.1, 0.15) is 0 Å². The number of nitrogens with zero attached hydrogens (tertiary/aromatic N) is 1. The van der Waals surface area contributed by atoms with Crippen LogP contribution < -0.4 is 5.32 Å². The van der Waals surface area contributed by atoms with E-state index in [9.17, 15) is 9.59 Å². The highest BCUT2D eigenvalue weighted by Gasteiger charge is 2.11. The third-order valence-corrected chi connectivity index (χ3v) is 3.95. The summed E-state index contributed by atoms with van der Waals surface area (Å²) in [6.07, 6.45) is 0.307. The van der Waals surface area contributed by atoms with Gasteiger partial charge in [0, 0.05) is 16.1 Å². The minimum absolute atomic E-state index is 0.0185. The molecule has 0 spiro atoms. The number of rotatable bonds is 4. The van der Waals surface area contributed by atoms with Crippen molar-refractivity contribution < 1.29 is 9.59 Å². The van der Waals surface area contributed by atoms with E-state index in [2.05, 4.69) is 10.3 Å². The number of ketones is 1. The average Bonchev–Trinajstić information content (AvgIpc) is 2.67. The molecule has 0 aliphatic heterocycles. The molecule has 0 aliphatic carbocycles. The number of carbonyl (C=O) groups is 2. The summed E-state index contributed by atoms with van der Waals surface area (Å²) < 4.78 is 0. The van der Waals surface area contributed by atoms with Crippen molar-refractivity contribution in [3.8, 4) is 0 Å². The third kappa shape index (κ3) is 3.51. The summed E-state index contributed by atoms with van der Waals surface area (Å²) in [6.45, 7) is 5.34. The maximum atomic E-state index is 12.0. The molecule has 104 valence electrons. The quantitative estimate of drug-likeness (QED) is 0.879. The third-order valence-electron chi connectivity index (χ3n) is 2.87. The minimum atomic E-state index is -0.0996. The van der Waals surface area contributed by atoms with Gasteiger partial charge in [0.05, 0.1) is 17.1 Å². The zero-order valence-corrected chi connectivity index (χ0v) is 12.5. The van der Waals surface area contributed by atoms with Crippen LogP contribution in [0.5, 0.6) is 0 Å². The van der Waals surface area contributed by atoms with E-state index in [4.69, 9.17) is 0 Å². The SMILES string of the molecule is CC(=O)c1cccc(NC(=O)Cc2sc(C)nc2C)c1. The predicted molar refractivity (Wildman–Crippen MR) is 80.4 cm³/mol. The number of hydrogen-bond acceptors (Lipinski definition) is 4. The predicted octanol–water partition coefficient (Wildman–Crippen LogP) is 3.14. The van der Waals surface area contributed by atoms with Crippen LogP contribution in [0, 0.1) is 13.8 Å². The smallest absolute Gasteiger partial charge is 0.229 e. The van der Waals surface area contributed by atoms with Crippen LogP contribution in [0.2, 0.25) is 0 Å². The minimum Gasteiger partial charge on any atom is -0.326 e. The molecule has 0 saturated carbocycles. The summed E-state index contributed by atoms with van der Waals surface area (Å²) in [6, 6.07) is 6.95. The van der Waals surface area contributed by atoms with Gasteiger partial charge in [-0.1, -0.05) is 12.1 Å². The van der Waals surface area contributed by atoms with Crippen molar-refractivity contribution in [3.63, 3.8) is 0 Å². The van der Waals surface area contributed by atoms with Crippen LogP contribution in [0.25, 0.3) is 0 Å². The Hall–Kier alpha value is -2.01. The maximum absolute atomic E-state index is 12.0. The van der Waals surface area contributed by atoms with Crippen molar-refractivity contribution in [1.29, 1.82) is 0 Å². The van der Waals surface area contributed by atoms with Gasteiger partial charge in [0.2, 0.25) is 5.91 Å². The van der Waals surface area contributed by atoms with Gasteiger partial charge in [0.15, 0.2) is 5.78 Å². The van der Waals surface area contributed by atoms with Crippen LogP contribution in [0.4, 0.5) is 5.69 Å². The first-order valence-electron chi connectivity index (χ1n) is 6.29. The van der Waals surface area contributed by atoms with E-state index in [0.717, 1.165) is 15.6 Å². The van der Waals surface area contributed by atoms with Crippen molar-refractivity contribution in [2.24, 2.45) is 0 Å². The number of aryl methyl sites for hydroxylation is 2. The maximum Gasteiger partial charge on any atom is 0.229 e. The Bertz CT molecular complexity index is 662. The van der Waals surface area contributed by atoms with E-state index in [0.29, 0.717) is 17.7 Å². The molecule has 5 heteroatoms. The molecule has 2 rings (SSSR count). The fourth-order valence-electron chi connectivity index (χ4n) is 1.90. The molecular weight excluding hydrogens is 272 g/mol. The molecule has 0 aliphatic rings. The molecule has 4 nitrogen and oxygen atoms in total. The second kappa shape index (κ2) is 5.96. The Morgan fingerprint density at radius 3 is 2.65 bits per heavy atom. The van der Waals surface area contributed by atoms with Crippen LogP contribution in [-0.2, 0) is 11.2 Å². The molecule has 0 saturated heterocycles. The average molecular weight is 288 g/mol. The standard InChI is InChI=1S/C15H16N2O2S/c1-9-14(20-11(3)16-9)8-15(19)17-13-6-4-5-12(7-13)10(2)18/h4-7H,8H2,1-3H3,(H,17,19). The normalized spacial score (nSPS) is 10.3. The zero-order chi connectivity index (χ0) is 14.7. The fourth-order valence-corrected chi connectivity index (χ4v) is 2.84. The molecule has 1 amide bonds. The fraction of sp³-hybridized carbons (Fsp3) is 0.267. The van der Waals surface area contributed by atoms with Crippen LogP contribution in [0.15, 0.2) is 24.3 Å². The number of hydrogen-bond donors (Lipinski definition) is 1. The van der Waals surface area contributed by atoms with Crippen LogP contribution >= 0.6 is 11.3 Å². The summed E-state index contributed by atoms with van der Waals surface area (Å²) in [5, 5.41) is 3.77. The lowest BCUT2D eigenvalue weighted by Gasteiger charge is -2.05. The first-order valence-corrected chi connectivity index (χ1v) is 7.11. The van der Waals surface area contributed by atoms with Gasteiger partial charge < -0.3 is 5.32 Å². The van der Waals surface area contributed by atoms with Gasteiger partial charge in [-0.05, 0) is 32.9 Å². The number of anilines is 1. The van der Waals surface area contributed by atoms with E-state index in [1.54, 1.807) is 24.3 Å². The number of nitrogens with one attached hydrogen (secondary N) is 1. The number of Topliss-reactive ketones (excluding diaryl/α,β-unsaturated/α-hetero) is 1. The lowest BCUT2D eigenvalue weighted by atomic mass is 10.1. The molecule has 1 N–H and O–H groups in total. The molecule has 1 heterocycles. The summed E-state index contributed by atoms with van der Waals surface area (Å²) in [4.78, 5) is 28.6. The van der Waals surface area contributed by atoms with E-state index in [1.165, 1.54) is 18.3 Å². The Morgan fingerprint density at radius 1 is 1.30 bits per heavy atom. The van der Waals surface area contributed by atoms with Gasteiger partial charge in [-0.3, -0.25) is 9.59 Å². The zero-order valence-electron chi connectivity index (χ0n) is 11.7. The highest BCUT2D eigenvalue weighted by Crippen LogP contribution is 2.18. The summed E-state index contributed by atoms with van der Waals surface area (Å²) in [5.74, 6) is -0.118. The number of benzene rings is 1. The molecule has 2 aromatic rings. The number of carbonyl (C=O) groups excluding carboxylic acids is 2. The van der Waals surface area contributed by atoms with Crippen LogP contribution in [-0.4, -0.2) is 16.7 Å². The van der Waals surface area contributed by atoms with Gasteiger partial charge in [-0.25, -0.2) is 4.98 Å². The largest absolute Gasteiger partial charge is 0.326 e. The number of aromatic nitrogens is 1. The lowest BCUT2D eigenvalue weighted by molar-refractivity contribution is -0.115. The first-order chi connectivity index (χ1) is 9.45. The second-order valence-corrected chi connectivity index (χ2v) is 5.89. The number of thiazole rings is 1. The van der Waals surface area contributed by atoms with E-state index in [-0.39, 0.29) is 11.7 Å². The summed E-state index contributed by atoms with van der Waals surface area (Å²) in [7, 11) is 0. The van der Waals surface area contributed by atoms with Crippen LogP contribution in [0.1, 0.15) is 32.9 Å². The van der Waals surface area contributed by atoms with Crippen LogP contribution in [0.3, 0.4) is 0 Å². The Kier molecular flexibility index (Phi) is 4.29. The monoisotopic (exact) mass is 288 g/mol. The molecule has 1 aromatic carbocycles. The van der Waals surface area contributed by atoms with E-state index in [1.807, 2.05) is 13.8 Å². The highest BCUT2D eigenvalue weighted by molar-refractivity contribution is 7.11. The van der Waals surface area contributed by atoms with Gasteiger partial charge >= 0.3 is 0 Å². The highest BCUT2D eigenvalue weighted by atomic mass is 32.1. The number of amides is 1. The van der Waals surface area contributed by atoms with Crippen molar-refractivity contribution in [1.82, 2.24) is 4.98 Å². The Labute approximate surface area is 121 Å². The van der Waals surface area contributed by atoms with Crippen molar-refractivity contribution in [3.05, 3.63) is 45.4 Å². The molecule has 0 unspecified atom stereocenters. The molecule has 0 atom stereocenters. The van der Waals surface area contributed by atoms with Crippen molar-refractivity contribution in [2.75, 3.05) is 5.32 Å². The molecule has 0 fully saturated rings. The van der Waals surface area contributed by atoms with Gasteiger partial charge in [-0.2, -0.15) is 0 Å². The first kappa shape index (κ1) is 14.4.